The molecule has 132 valence electrons. The second-order valence-corrected chi connectivity index (χ2v) is 6.54. The van der Waals surface area contributed by atoms with Gasteiger partial charge in [-0.1, -0.05) is 23.8 Å². The first-order valence-corrected chi connectivity index (χ1v) is 8.69. The predicted molar refractivity (Wildman–Crippen MR) is 95.5 cm³/mol. The van der Waals surface area contributed by atoms with Crippen LogP contribution in [0.5, 0.6) is 11.6 Å². The number of benzene rings is 1. The summed E-state index contributed by atoms with van der Waals surface area (Å²) in [6, 6.07) is 11.7. The predicted octanol–water partition coefficient (Wildman–Crippen LogP) is 3.76. The number of aryl methyl sites for hydroxylation is 1. The summed E-state index contributed by atoms with van der Waals surface area (Å²) in [6.45, 7) is 4.98. The van der Waals surface area contributed by atoms with Gasteiger partial charge in [0, 0.05) is 24.3 Å². The van der Waals surface area contributed by atoms with Crippen molar-refractivity contribution in [1.82, 2.24) is 10.3 Å². The van der Waals surface area contributed by atoms with Gasteiger partial charge in [-0.05, 0) is 44.4 Å². The van der Waals surface area contributed by atoms with E-state index in [1.165, 1.54) is 5.56 Å². The van der Waals surface area contributed by atoms with Gasteiger partial charge in [0.15, 0.2) is 0 Å². The molecular weight excluding hydrogens is 316 g/mol. The fraction of sp³-hybridized carbons (Fsp3) is 0.400. The summed E-state index contributed by atoms with van der Waals surface area (Å²) < 4.78 is 10.8. The molecule has 0 atom stereocenters. The number of nitrogens with zero attached hydrogens (tertiary/aromatic N) is 1. The average molecular weight is 340 g/mol. The molecule has 25 heavy (non-hydrogen) atoms. The fourth-order valence-electron chi connectivity index (χ4n) is 2.65. The molecule has 5 nitrogen and oxygen atoms in total. The van der Waals surface area contributed by atoms with Crippen molar-refractivity contribution in [3.63, 3.8) is 0 Å². The van der Waals surface area contributed by atoms with Crippen molar-refractivity contribution >= 4 is 5.97 Å². The lowest BCUT2D eigenvalue weighted by atomic mass is 10.1. The molecule has 3 rings (SSSR count). The summed E-state index contributed by atoms with van der Waals surface area (Å²) in [5.41, 5.74) is 2.16. The Labute approximate surface area is 148 Å². The van der Waals surface area contributed by atoms with Gasteiger partial charge in [-0.25, -0.2) is 4.98 Å². The molecule has 0 spiro atoms. The Kier molecular flexibility index (Phi) is 5.34. The van der Waals surface area contributed by atoms with Crippen molar-refractivity contribution in [3.8, 4) is 11.6 Å². The van der Waals surface area contributed by atoms with Crippen molar-refractivity contribution in [1.29, 1.82) is 0 Å². The van der Waals surface area contributed by atoms with Crippen LogP contribution in [0.1, 0.15) is 37.3 Å². The summed E-state index contributed by atoms with van der Waals surface area (Å²) in [4.78, 5) is 16.0. The topological polar surface area (TPSA) is 60.5 Å². The Morgan fingerprint density at radius 3 is 2.56 bits per heavy atom. The summed E-state index contributed by atoms with van der Waals surface area (Å²) in [7, 11) is 0. The largest absolute Gasteiger partial charge is 0.466 e. The van der Waals surface area contributed by atoms with Gasteiger partial charge in [-0.15, -0.1) is 0 Å². The fourth-order valence-corrected chi connectivity index (χ4v) is 2.65. The Morgan fingerprint density at radius 2 is 1.96 bits per heavy atom. The molecule has 0 unspecified atom stereocenters. The number of carbonyl (C=O) groups excluding carboxylic acids is 1. The van der Waals surface area contributed by atoms with Crippen LogP contribution in [-0.4, -0.2) is 23.1 Å². The Morgan fingerprint density at radius 1 is 1.20 bits per heavy atom. The van der Waals surface area contributed by atoms with E-state index in [4.69, 9.17) is 9.47 Å². The van der Waals surface area contributed by atoms with Crippen LogP contribution in [0.2, 0.25) is 0 Å². The van der Waals surface area contributed by atoms with Crippen LogP contribution in [0.4, 0.5) is 0 Å². The lowest BCUT2D eigenvalue weighted by Crippen LogP contribution is -2.33. The molecule has 1 saturated carbocycles. The van der Waals surface area contributed by atoms with Crippen LogP contribution in [0, 0.1) is 6.92 Å². The van der Waals surface area contributed by atoms with Gasteiger partial charge in [0.2, 0.25) is 5.88 Å². The molecule has 0 bridgehead atoms. The first-order chi connectivity index (χ1) is 12.1. The zero-order valence-electron chi connectivity index (χ0n) is 14.7. The van der Waals surface area contributed by atoms with E-state index >= 15 is 0 Å². The standard InChI is InChI=1S/C20H24N2O3/c1-3-24-19(23)12-20(10-11-20)22-14-16-6-9-18(21-13-16)25-17-7-4-15(2)5-8-17/h4-9,13,22H,3,10-12,14H2,1-2H3. The van der Waals surface area contributed by atoms with E-state index in [-0.39, 0.29) is 11.5 Å². The van der Waals surface area contributed by atoms with E-state index in [9.17, 15) is 4.79 Å². The zero-order chi connectivity index (χ0) is 17.7. The SMILES string of the molecule is CCOC(=O)CC1(NCc2ccc(Oc3ccc(C)cc3)nc2)CC1. The van der Waals surface area contributed by atoms with Gasteiger partial charge in [0.1, 0.15) is 5.75 Å². The Hall–Kier alpha value is -2.40. The maximum absolute atomic E-state index is 11.7. The van der Waals surface area contributed by atoms with Crippen LogP contribution in [0.15, 0.2) is 42.6 Å². The molecular formula is C20H24N2O3. The minimum atomic E-state index is -0.132. The van der Waals surface area contributed by atoms with Crippen LogP contribution in [0.25, 0.3) is 0 Å². The van der Waals surface area contributed by atoms with E-state index in [0.29, 0.717) is 25.5 Å². The number of hydrogen-bond donors (Lipinski definition) is 1. The van der Waals surface area contributed by atoms with Crippen molar-refractivity contribution in [2.75, 3.05) is 6.61 Å². The number of nitrogens with one attached hydrogen (secondary N) is 1. The third-order valence-electron chi connectivity index (χ3n) is 4.35. The zero-order valence-corrected chi connectivity index (χ0v) is 14.7. The molecule has 1 aromatic heterocycles. The molecule has 1 aromatic carbocycles. The lowest BCUT2D eigenvalue weighted by molar-refractivity contribution is -0.143. The highest BCUT2D eigenvalue weighted by molar-refractivity contribution is 5.71. The van der Waals surface area contributed by atoms with E-state index in [2.05, 4.69) is 10.3 Å². The molecule has 5 heteroatoms. The Bertz CT molecular complexity index is 707. The molecule has 1 aliphatic carbocycles. The third kappa shape index (κ3) is 5.03. The molecule has 0 radical (unpaired) electrons. The van der Waals surface area contributed by atoms with Crippen molar-refractivity contribution in [2.24, 2.45) is 0 Å². The summed E-state index contributed by atoms with van der Waals surface area (Å²) in [5, 5.41) is 3.47. The smallest absolute Gasteiger partial charge is 0.307 e. The number of aromatic nitrogens is 1. The summed E-state index contributed by atoms with van der Waals surface area (Å²) in [6.07, 6.45) is 4.25. The quantitative estimate of drug-likeness (QED) is 0.742. The van der Waals surface area contributed by atoms with Crippen molar-refractivity contribution in [3.05, 3.63) is 53.7 Å². The number of rotatable bonds is 8. The van der Waals surface area contributed by atoms with Gasteiger partial charge in [0.25, 0.3) is 0 Å². The molecule has 1 aliphatic rings. The molecule has 1 N–H and O–H groups in total. The lowest BCUT2D eigenvalue weighted by Gasteiger charge is -2.16. The molecule has 0 saturated heterocycles. The summed E-state index contributed by atoms with van der Waals surface area (Å²) >= 11 is 0. The van der Waals surface area contributed by atoms with E-state index in [1.54, 1.807) is 6.20 Å². The first kappa shape index (κ1) is 17.4. The van der Waals surface area contributed by atoms with Crippen molar-refractivity contribution < 1.29 is 14.3 Å². The number of pyridine rings is 1. The van der Waals surface area contributed by atoms with Gasteiger partial charge < -0.3 is 14.8 Å². The highest BCUT2D eigenvalue weighted by atomic mass is 16.5. The van der Waals surface area contributed by atoms with E-state index in [1.807, 2.05) is 50.2 Å². The molecule has 0 amide bonds. The molecule has 1 fully saturated rings. The van der Waals surface area contributed by atoms with Gasteiger partial charge in [-0.2, -0.15) is 0 Å². The maximum atomic E-state index is 11.7. The van der Waals surface area contributed by atoms with E-state index in [0.717, 1.165) is 24.2 Å². The van der Waals surface area contributed by atoms with Crippen molar-refractivity contribution in [2.45, 2.75) is 45.2 Å². The molecule has 0 aliphatic heterocycles. The van der Waals surface area contributed by atoms with Crippen LogP contribution in [0.3, 0.4) is 0 Å². The normalized spacial score (nSPS) is 14.8. The summed E-state index contributed by atoms with van der Waals surface area (Å²) in [5.74, 6) is 1.21. The highest BCUT2D eigenvalue weighted by Gasteiger charge is 2.44. The molecule has 1 heterocycles. The number of carbonyl (C=O) groups is 1. The van der Waals surface area contributed by atoms with Crippen LogP contribution < -0.4 is 10.1 Å². The second kappa shape index (κ2) is 7.66. The number of ether oxygens (including phenoxy) is 2. The second-order valence-electron chi connectivity index (χ2n) is 6.54. The average Bonchev–Trinajstić information content (AvgIpc) is 3.36. The van der Waals surface area contributed by atoms with E-state index < -0.39 is 0 Å². The minimum absolute atomic E-state index is 0.0939. The van der Waals surface area contributed by atoms with Gasteiger partial charge in [-0.3, -0.25) is 4.79 Å². The van der Waals surface area contributed by atoms with Crippen LogP contribution in [-0.2, 0) is 16.1 Å². The number of hydrogen-bond acceptors (Lipinski definition) is 5. The van der Waals surface area contributed by atoms with Gasteiger partial charge in [0.05, 0.1) is 13.0 Å². The Balaban J connectivity index is 1.51. The number of esters is 1. The van der Waals surface area contributed by atoms with Crippen LogP contribution >= 0.6 is 0 Å². The monoisotopic (exact) mass is 340 g/mol. The minimum Gasteiger partial charge on any atom is -0.466 e. The first-order valence-electron chi connectivity index (χ1n) is 8.69. The molecule has 2 aromatic rings. The maximum Gasteiger partial charge on any atom is 0.307 e. The highest BCUT2D eigenvalue weighted by Crippen LogP contribution is 2.39. The van der Waals surface area contributed by atoms with Gasteiger partial charge >= 0.3 is 5.97 Å². The third-order valence-corrected chi connectivity index (χ3v) is 4.35.